The summed E-state index contributed by atoms with van der Waals surface area (Å²) >= 11 is 7.06. The number of phenolic OH excluding ortho intramolecular Hbond substituents is 1. The van der Waals surface area contributed by atoms with Crippen molar-refractivity contribution < 1.29 is 5.11 Å². The van der Waals surface area contributed by atoms with Gasteiger partial charge >= 0.3 is 0 Å². The summed E-state index contributed by atoms with van der Waals surface area (Å²) in [6.45, 7) is 10.7. The number of nitrogens with zero attached hydrogens (tertiary/aromatic N) is 1. The van der Waals surface area contributed by atoms with Crippen LogP contribution in [0.5, 0.6) is 5.75 Å². The van der Waals surface area contributed by atoms with Crippen LogP contribution < -0.4 is 5.32 Å². The largest absolute Gasteiger partial charge is 0.506 e. The van der Waals surface area contributed by atoms with Gasteiger partial charge in [-0.2, -0.15) is 0 Å². The fourth-order valence-corrected chi connectivity index (χ4v) is 3.80. The molecule has 1 aliphatic heterocycles. The van der Waals surface area contributed by atoms with E-state index >= 15 is 0 Å². The van der Waals surface area contributed by atoms with Gasteiger partial charge in [0.15, 0.2) is 0 Å². The molecule has 22 heavy (non-hydrogen) atoms. The van der Waals surface area contributed by atoms with Crippen LogP contribution in [0.4, 0.5) is 0 Å². The van der Waals surface area contributed by atoms with Crippen LogP contribution in [0.25, 0.3) is 0 Å². The van der Waals surface area contributed by atoms with Crippen LogP contribution in [0, 0.1) is 5.41 Å². The number of benzene rings is 1. The Bertz CT molecular complexity index is 489. The summed E-state index contributed by atoms with van der Waals surface area (Å²) in [5, 5.41) is 13.9. The highest BCUT2D eigenvalue weighted by atomic mass is 79.9. The summed E-state index contributed by atoms with van der Waals surface area (Å²) in [4.78, 5) is 2.46. The van der Waals surface area contributed by atoms with Crippen molar-refractivity contribution in [3.63, 3.8) is 0 Å². The van der Waals surface area contributed by atoms with E-state index < -0.39 is 0 Å². The molecule has 0 radical (unpaired) electrons. The van der Waals surface area contributed by atoms with Crippen molar-refractivity contribution in [2.24, 2.45) is 5.41 Å². The quantitative estimate of drug-likeness (QED) is 0.643. The lowest BCUT2D eigenvalue weighted by atomic mass is 9.80. The van der Waals surface area contributed by atoms with Crippen LogP contribution in [0.1, 0.15) is 32.4 Å². The van der Waals surface area contributed by atoms with Crippen molar-refractivity contribution in [2.45, 2.75) is 26.8 Å². The molecule has 1 saturated heterocycles. The van der Waals surface area contributed by atoms with E-state index in [0.29, 0.717) is 5.75 Å². The molecular formula is C15H24Br2Cl2N2O. The third kappa shape index (κ3) is 4.99. The molecule has 1 atom stereocenters. The Kier molecular flexibility index (Phi) is 9.29. The van der Waals surface area contributed by atoms with Crippen LogP contribution in [-0.2, 0) is 0 Å². The zero-order valence-corrected chi connectivity index (χ0v) is 17.8. The summed E-state index contributed by atoms with van der Waals surface area (Å²) in [5.74, 6) is 0.345. The van der Waals surface area contributed by atoms with Crippen molar-refractivity contribution in [1.82, 2.24) is 10.2 Å². The van der Waals surface area contributed by atoms with Crippen LogP contribution in [0.3, 0.4) is 0 Å². The molecule has 1 heterocycles. The first kappa shape index (κ1) is 22.5. The molecule has 0 aromatic heterocycles. The van der Waals surface area contributed by atoms with E-state index in [-0.39, 0.29) is 36.3 Å². The van der Waals surface area contributed by atoms with Gasteiger partial charge in [-0.15, -0.1) is 24.8 Å². The van der Waals surface area contributed by atoms with Crippen LogP contribution in [0.2, 0.25) is 0 Å². The van der Waals surface area contributed by atoms with E-state index in [9.17, 15) is 5.11 Å². The van der Waals surface area contributed by atoms with Crippen molar-refractivity contribution in [2.75, 3.05) is 26.2 Å². The van der Waals surface area contributed by atoms with Gasteiger partial charge in [0, 0.05) is 42.3 Å². The fourth-order valence-electron chi connectivity index (χ4n) is 2.92. The van der Waals surface area contributed by atoms with E-state index in [2.05, 4.69) is 62.8 Å². The predicted octanol–water partition coefficient (Wildman–Crippen LogP) is 4.75. The van der Waals surface area contributed by atoms with Gasteiger partial charge in [-0.05, 0) is 33.5 Å². The van der Waals surface area contributed by atoms with Gasteiger partial charge < -0.3 is 10.4 Å². The van der Waals surface area contributed by atoms with Gasteiger partial charge in [0.1, 0.15) is 5.75 Å². The highest BCUT2D eigenvalue weighted by Crippen LogP contribution is 2.47. The smallest absolute Gasteiger partial charge is 0.135 e. The summed E-state index contributed by atoms with van der Waals surface area (Å²) in [7, 11) is 0. The molecule has 1 aliphatic rings. The van der Waals surface area contributed by atoms with Gasteiger partial charge in [-0.1, -0.05) is 36.7 Å². The van der Waals surface area contributed by atoms with Crippen LogP contribution >= 0.6 is 56.7 Å². The number of halogens is 4. The topological polar surface area (TPSA) is 35.5 Å². The first-order valence-electron chi connectivity index (χ1n) is 6.94. The molecule has 0 amide bonds. The molecule has 3 nitrogen and oxygen atoms in total. The summed E-state index contributed by atoms with van der Waals surface area (Å²) in [5.41, 5.74) is 1.02. The summed E-state index contributed by atoms with van der Waals surface area (Å²) in [6.07, 6.45) is 0. The number of hydrogen-bond acceptors (Lipinski definition) is 3. The number of aromatic hydroxyl groups is 1. The Labute approximate surface area is 162 Å². The molecule has 1 aromatic rings. The Balaban J connectivity index is 0.00000220. The summed E-state index contributed by atoms with van der Waals surface area (Å²) in [6, 6.07) is 4.05. The van der Waals surface area contributed by atoms with Gasteiger partial charge in [-0.3, -0.25) is 4.90 Å². The van der Waals surface area contributed by atoms with E-state index in [1.54, 1.807) is 0 Å². The Morgan fingerprint density at radius 2 is 1.59 bits per heavy atom. The predicted molar refractivity (Wildman–Crippen MR) is 105 cm³/mol. The zero-order chi connectivity index (χ0) is 14.9. The molecule has 0 spiro atoms. The Morgan fingerprint density at radius 1 is 1.09 bits per heavy atom. The first-order chi connectivity index (χ1) is 9.32. The maximum Gasteiger partial charge on any atom is 0.135 e. The molecular weight excluding hydrogens is 455 g/mol. The van der Waals surface area contributed by atoms with Gasteiger partial charge in [0.25, 0.3) is 0 Å². The minimum absolute atomic E-state index is 0. The average Bonchev–Trinajstić information content (AvgIpc) is 2.39. The number of phenols is 1. The maximum atomic E-state index is 10.5. The second-order valence-corrected chi connectivity index (χ2v) is 8.05. The van der Waals surface area contributed by atoms with Gasteiger partial charge in [-0.25, -0.2) is 0 Å². The van der Waals surface area contributed by atoms with Crippen molar-refractivity contribution >= 4 is 56.7 Å². The Morgan fingerprint density at radius 3 is 2.09 bits per heavy atom. The SMILES string of the molecule is CC(C)(C)[C@H](c1c(Br)ccc(Br)c1O)N1CCNCC1.Cl.Cl. The second-order valence-electron chi connectivity index (χ2n) is 6.35. The lowest BCUT2D eigenvalue weighted by molar-refractivity contribution is 0.0836. The van der Waals surface area contributed by atoms with Crippen molar-refractivity contribution in [3.05, 3.63) is 26.6 Å². The van der Waals surface area contributed by atoms with Gasteiger partial charge in [0.05, 0.1) is 4.47 Å². The molecule has 0 aliphatic carbocycles. The summed E-state index contributed by atoms with van der Waals surface area (Å²) < 4.78 is 1.72. The lowest BCUT2D eigenvalue weighted by Crippen LogP contribution is -2.48. The number of rotatable bonds is 2. The fraction of sp³-hybridized carbons (Fsp3) is 0.600. The molecule has 0 bridgehead atoms. The normalized spacial score (nSPS) is 17.3. The van der Waals surface area contributed by atoms with Crippen molar-refractivity contribution in [1.29, 1.82) is 0 Å². The molecule has 0 saturated carbocycles. The minimum atomic E-state index is 0. The molecule has 7 heteroatoms. The number of hydrogen-bond donors (Lipinski definition) is 2. The van der Waals surface area contributed by atoms with Crippen molar-refractivity contribution in [3.8, 4) is 5.75 Å². The molecule has 1 fully saturated rings. The number of nitrogens with one attached hydrogen (secondary N) is 1. The average molecular weight is 479 g/mol. The maximum absolute atomic E-state index is 10.5. The lowest BCUT2D eigenvalue weighted by Gasteiger charge is -2.43. The zero-order valence-electron chi connectivity index (χ0n) is 13.0. The Hall–Kier alpha value is 0.480. The van der Waals surface area contributed by atoms with Gasteiger partial charge in [0.2, 0.25) is 0 Å². The molecule has 2 N–H and O–H groups in total. The number of piperazine rings is 1. The molecule has 2 rings (SSSR count). The first-order valence-corrected chi connectivity index (χ1v) is 8.52. The molecule has 1 aromatic carbocycles. The highest BCUT2D eigenvalue weighted by molar-refractivity contribution is 9.11. The van der Waals surface area contributed by atoms with E-state index in [4.69, 9.17) is 0 Å². The molecule has 0 unspecified atom stereocenters. The van der Waals surface area contributed by atoms with E-state index in [1.165, 1.54) is 0 Å². The highest BCUT2D eigenvalue weighted by Gasteiger charge is 2.36. The van der Waals surface area contributed by atoms with E-state index in [0.717, 1.165) is 40.7 Å². The monoisotopic (exact) mass is 476 g/mol. The standard InChI is InChI=1S/C15H22Br2N2O.2ClH/c1-15(2,3)14(19-8-6-18-7-9-19)12-10(16)4-5-11(17)13(12)20;;/h4-5,14,18,20H,6-9H2,1-3H3;2*1H/t14-;;/m0../s1. The van der Waals surface area contributed by atoms with Crippen LogP contribution in [-0.4, -0.2) is 36.2 Å². The molecule has 128 valence electrons. The van der Waals surface area contributed by atoms with Crippen LogP contribution in [0.15, 0.2) is 21.1 Å². The third-order valence-corrected chi connectivity index (χ3v) is 5.06. The minimum Gasteiger partial charge on any atom is -0.506 e. The second kappa shape index (κ2) is 9.09. The third-order valence-electron chi connectivity index (χ3n) is 3.73. The van der Waals surface area contributed by atoms with E-state index in [1.807, 2.05) is 12.1 Å².